The molecule has 12 heavy (non-hydrogen) atoms. The van der Waals surface area contributed by atoms with E-state index in [4.69, 9.17) is 0 Å². The Morgan fingerprint density at radius 1 is 1.33 bits per heavy atom. The summed E-state index contributed by atoms with van der Waals surface area (Å²) >= 11 is 0. The van der Waals surface area contributed by atoms with E-state index in [1.54, 1.807) is 7.05 Å². The zero-order chi connectivity index (χ0) is 9.03. The first-order valence-corrected chi connectivity index (χ1v) is 4.69. The molecule has 0 bridgehead atoms. The molecule has 0 spiro atoms. The molecule has 0 unspecified atom stereocenters. The van der Waals surface area contributed by atoms with Crippen molar-refractivity contribution in [2.24, 2.45) is 5.92 Å². The largest absolute Gasteiger partial charge is 0.320 e. The molecular weight excluding hydrogens is 160 g/mol. The van der Waals surface area contributed by atoms with Crippen molar-refractivity contribution < 1.29 is 8.78 Å². The maximum absolute atomic E-state index is 13.3. The minimum Gasteiger partial charge on any atom is -0.320 e. The van der Waals surface area contributed by atoms with Crippen molar-refractivity contribution >= 4 is 0 Å². The van der Waals surface area contributed by atoms with Gasteiger partial charge in [-0.3, -0.25) is 0 Å². The topological polar surface area (TPSA) is 12.0 Å². The smallest absolute Gasteiger partial charge is 0.252 e. The lowest BCUT2D eigenvalue weighted by atomic mass is 9.97. The highest BCUT2D eigenvalue weighted by molar-refractivity contribution is 4.81. The van der Waals surface area contributed by atoms with E-state index in [-0.39, 0.29) is 12.3 Å². The van der Waals surface area contributed by atoms with E-state index in [9.17, 15) is 8.78 Å². The minimum atomic E-state index is -2.43. The average molecular weight is 177 g/mol. The lowest BCUT2D eigenvalue weighted by Crippen LogP contribution is -2.30. The lowest BCUT2D eigenvalue weighted by molar-refractivity contribution is -0.0617. The van der Waals surface area contributed by atoms with E-state index >= 15 is 0 Å². The van der Waals surface area contributed by atoms with Crippen LogP contribution in [0.3, 0.4) is 0 Å². The van der Waals surface area contributed by atoms with Gasteiger partial charge in [-0.1, -0.05) is 12.8 Å². The maximum Gasteiger partial charge on any atom is 0.252 e. The van der Waals surface area contributed by atoms with Gasteiger partial charge in [0.2, 0.25) is 0 Å². The van der Waals surface area contributed by atoms with E-state index in [1.807, 2.05) is 0 Å². The highest BCUT2D eigenvalue weighted by atomic mass is 19.3. The van der Waals surface area contributed by atoms with Crippen LogP contribution in [0.15, 0.2) is 0 Å². The lowest BCUT2D eigenvalue weighted by Gasteiger charge is -2.22. The molecule has 1 N–H and O–H groups in total. The molecule has 0 aromatic carbocycles. The first-order chi connectivity index (χ1) is 5.67. The summed E-state index contributed by atoms with van der Waals surface area (Å²) in [6, 6.07) is 0. The molecule has 3 heteroatoms. The molecule has 0 aromatic heterocycles. The number of nitrogens with one attached hydrogen (secondary N) is 1. The maximum atomic E-state index is 13.3. The average Bonchev–Trinajstić information content (AvgIpc) is 2.53. The summed E-state index contributed by atoms with van der Waals surface area (Å²) in [6.07, 6.45) is 3.40. The molecule has 0 saturated heterocycles. The second kappa shape index (κ2) is 4.17. The Balaban J connectivity index is 2.34. The van der Waals surface area contributed by atoms with Gasteiger partial charge < -0.3 is 5.32 Å². The van der Waals surface area contributed by atoms with Gasteiger partial charge in [0.1, 0.15) is 0 Å². The third kappa shape index (κ3) is 2.41. The van der Waals surface area contributed by atoms with Crippen LogP contribution in [-0.4, -0.2) is 19.5 Å². The third-order valence-electron chi connectivity index (χ3n) is 2.66. The Hall–Kier alpha value is -0.180. The molecule has 1 aliphatic rings. The molecule has 1 rings (SSSR count). The Labute approximate surface area is 72.5 Å². The van der Waals surface area contributed by atoms with E-state index in [0.29, 0.717) is 6.54 Å². The summed E-state index contributed by atoms with van der Waals surface area (Å²) in [5, 5.41) is 2.77. The summed E-state index contributed by atoms with van der Waals surface area (Å²) in [6.45, 7) is 0.420. The van der Waals surface area contributed by atoms with Crippen LogP contribution in [0.5, 0.6) is 0 Å². The van der Waals surface area contributed by atoms with Crippen molar-refractivity contribution in [1.29, 1.82) is 0 Å². The fraction of sp³-hybridized carbons (Fsp3) is 1.00. The van der Waals surface area contributed by atoms with Gasteiger partial charge >= 0.3 is 0 Å². The molecule has 1 saturated carbocycles. The predicted octanol–water partition coefficient (Wildman–Crippen LogP) is 2.42. The predicted molar refractivity (Wildman–Crippen MR) is 45.4 cm³/mol. The Morgan fingerprint density at radius 2 is 1.92 bits per heavy atom. The van der Waals surface area contributed by atoms with Gasteiger partial charge in [-0.15, -0.1) is 0 Å². The highest BCUT2D eigenvalue weighted by Crippen LogP contribution is 2.39. The molecule has 0 amide bonds. The second-order valence-electron chi connectivity index (χ2n) is 3.60. The van der Waals surface area contributed by atoms with E-state index in [1.165, 1.54) is 0 Å². The molecule has 0 aromatic rings. The van der Waals surface area contributed by atoms with Crippen molar-refractivity contribution in [3.8, 4) is 0 Å². The third-order valence-corrected chi connectivity index (χ3v) is 2.66. The van der Waals surface area contributed by atoms with Gasteiger partial charge in [0.05, 0.1) is 0 Å². The summed E-state index contributed by atoms with van der Waals surface area (Å²) in [4.78, 5) is 0. The van der Waals surface area contributed by atoms with Crippen molar-refractivity contribution in [2.45, 2.75) is 38.0 Å². The molecule has 0 aliphatic heterocycles. The molecule has 72 valence electrons. The van der Waals surface area contributed by atoms with Crippen LogP contribution in [0, 0.1) is 5.92 Å². The van der Waals surface area contributed by atoms with Crippen molar-refractivity contribution in [2.75, 3.05) is 13.6 Å². The number of hydrogen-bond acceptors (Lipinski definition) is 1. The Bertz CT molecular complexity index is 130. The fourth-order valence-electron chi connectivity index (χ4n) is 1.84. The number of alkyl halides is 2. The first-order valence-electron chi connectivity index (χ1n) is 4.69. The summed E-state index contributed by atoms with van der Waals surface area (Å²) < 4.78 is 26.6. The molecule has 0 radical (unpaired) electrons. The van der Waals surface area contributed by atoms with E-state index < -0.39 is 5.92 Å². The molecule has 0 atom stereocenters. The van der Waals surface area contributed by atoms with Gasteiger partial charge in [0.25, 0.3) is 5.92 Å². The summed E-state index contributed by atoms with van der Waals surface area (Å²) in [5.74, 6) is -2.77. The van der Waals surface area contributed by atoms with Crippen LogP contribution in [0.25, 0.3) is 0 Å². The number of rotatable bonds is 4. The molecular formula is C9H17F2N. The van der Waals surface area contributed by atoms with Crippen molar-refractivity contribution in [3.05, 3.63) is 0 Å². The quantitative estimate of drug-likeness (QED) is 0.695. The first kappa shape index (κ1) is 9.90. The summed E-state index contributed by atoms with van der Waals surface area (Å²) in [7, 11) is 1.71. The van der Waals surface area contributed by atoms with Gasteiger partial charge in [0.15, 0.2) is 0 Å². The zero-order valence-electron chi connectivity index (χ0n) is 7.58. The van der Waals surface area contributed by atoms with Gasteiger partial charge in [-0.2, -0.15) is 0 Å². The van der Waals surface area contributed by atoms with Gasteiger partial charge in [-0.05, 0) is 19.9 Å². The normalized spacial score (nSPS) is 20.2. The number of halogens is 2. The Kier molecular flexibility index (Phi) is 3.44. The van der Waals surface area contributed by atoms with Gasteiger partial charge in [-0.25, -0.2) is 8.78 Å². The highest BCUT2D eigenvalue weighted by Gasteiger charge is 2.39. The molecule has 0 heterocycles. The van der Waals surface area contributed by atoms with Crippen LogP contribution in [0.4, 0.5) is 8.78 Å². The number of hydrogen-bond donors (Lipinski definition) is 1. The van der Waals surface area contributed by atoms with Crippen LogP contribution >= 0.6 is 0 Å². The van der Waals surface area contributed by atoms with Crippen LogP contribution < -0.4 is 5.32 Å². The van der Waals surface area contributed by atoms with Crippen molar-refractivity contribution in [1.82, 2.24) is 5.32 Å². The van der Waals surface area contributed by atoms with E-state index in [2.05, 4.69) is 5.32 Å². The second-order valence-corrected chi connectivity index (χ2v) is 3.60. The molecule has 1 nitrogen and oxygen atoms in total. The fourth-order valence-corrected chi connectivity index (χ4v) is 1.84. The zero-order valence-corrected chi connectivity index (χ0v) is 7.58. The monoisotopic (exact) mass is 177 g/mol. The minimum absolute atomic E-state index is 0.00579. The summed E-state index contributed by atoms with van der Waals surface area (Å²) in [5.41, 5.74) is 0. The van der Waals surface area contributed by atoms with Gasteiger partial charge in [0, 0.05) is 18.9 Å². The SMILES string of the molecule is CNCCC(F)(F)C1CCCC1. The van der Waals surface area contributed by atoms with Crippen LogP contribution in [0.2, 0.25) is 0 Å². The standard InChI is InChI=1S/C9H17F2N/c1-12-7-6-9(10,11)8-4-2-3-5-8/h8,12H,2-7H2,1H3. The van der Waals surface area contributed by atoms with Crippen LogP contribution in [0.1, 0.15) is 32.1 Å². The molecule has 1 fully saturated rings. The molecule has 1 aliphatic carbocycles. The van der Waals surface area contributed by atoms with Crippen molar-refractivity contribution in [3.63, 3.8) is 0 Å². The van der Waals surface area contributed by atoms with E-state index in [0.717, 1.165) is 25.7 Å². The Morgan fingerprint density at radius 3 is 2.42 bits per heavy atom. The van der Waals surface area contributed by atoms with Crippen LogP contribution in [-0.2, 0) is 0 Å².